The van der Waals surface area contributed by atoms with E-state index in [1.54, 1.807) is 12.4 Å². The third-order valence-electron chi connectivity index (χ3n) is 2.88. The minimum atomic E-state index is -0.0229. The normalized spacial score (nSPS) is 20.1. The Balaban J connectivity index is 2.05. The zero-order chi connectivity index (χ0) is 11.5. The van der Waals surface area contributed by atoms with Gasteiger partial charge >= 0.3 is 0 Å². The molecule has 2 heterocycles. The van der Waals surface area contributed by atoms with Gasteiger partial charge in [-0.1, -0.05) is 0 Å². The van der Waals surface area contributed by atoms with Crippen LogP contribution in [0.2, 0.25) is 0 Å². The van der Waals surface area contributed by atoms with Crippen molar-refractivity contribution in [1.82, 2.24) is 20.2 Å². The first-order valence-electron chi connectivity index (χ1n) is 5.46. The van der Waals surface area contributed by atoms with Gasteiger partial charge in [-0.05, 0) is 20.4 Å². The van der Waals surface area contributed by atoms with E-state index < -0.39 is 0 Å². The van der Waals surface area contributed by atoms with E-state index in [9.17, 15) is 4.79 Å². The summed E-state index contributed by atoms with van der Waals surface area (Å²) in [5, 5.41) is 3.18. The van der Waals surface area contributed by atoms with E-state index in [0.717, 1.165) is 25.2 Å². The molecular weight excluding hydrogens is 204 g/mol. The maximum Gasteiger partial charge on any atom is 0.274 e. The molecule has 1 aromatic heterocycles. The monoisotopic (exact) mass is 220 g/mol. The third-order valence-corrected chi connectivity index (χ3v) is 2.88. The number of amides is 1. The molecule has 1 unspecified atom stereocenters. The summed E-state index contributed by atoms with van der Waals surface area (Å²) in [5.41, 5.74) is 1.26. The smallest absolute Gasteiger partial charge is 0.274 e. The number of hydrogen-bond donors (Lipinski definition) is 1. The average molecular weight is 220 g/mol. The predicted molar refractivity (Wildman–Crippen MR) is 60.1 cm³/mol. The number of aryl methyl sites for hydroxylation is 1. The number of nitrogens with one attached hydrogen (secondary N) is 1. The van der Waals surface area contributed by atoms with Gasteiger partial charge in [0.25, 0.3) is 5.91 Å². The molecule has 86 valence electrons. The molecular formula is C11H16N4O. The van der Waals surface area contributed by atoms with Gasteiger partial charge in [-0.25, -0.2) is 4.98 Å². The fourth-order valence-electron chi connectivity index (χ4n) is 1.85. The van der Waals surface area contributed by atoms with Crippen molar-refractivity contribution in [2.45, 2.75) is 19.4 Å². The van der Waals surface area contributed by atoms with Crippen LogP contribution < -0.4 is 5.32 Å². The number of hydrogen-bond acceptors (Lipinski definition) is 4. The van der Waals surface area contributed by atoms with Gasteiger partial charge in [-0.2, -0.15) is 0 Å². The van der Waals surface area contributed by atoms with Gasteiger partial charge in [0, 0.05) is 25.3 Å². The summed E-state index contributed by atoms with van der Waals surface area (Å²) in [6.07, 6.45) is 4.17. The molecule has 1 aliphatic rings. The van der Waals surface area contributed by atoms with Crippen LogP contribution in [0.1, 0.15) is 22.6 Å². The quantitative estimate of drug-likeness (QED) is 0.774. The zero-order valence-electron chi connectivity index (χ0n) is 9.60. The summed E-state index contributed by atoms with van der Waals surface area (Å²) in [7, 11) is 1.92. The van der Waals surface area contributed by atoms with Crippen LogP contribution in [0.15, 0.2) is 12.4 Å². The van der Waals surface area contributed by atoms with Crippen LogP contribution in [0, 0.1) is 6.92 Å². The molecule has 5 heteroatoms. The lowest BCUT2D eigenvalue weighted by Gasteiger charge is -2.15. The van der Waals surface area contributed by atoms with Crippen molar-refractivity contribution in [3.05, 3.63) is 23.8 Å². The molecule has 1 fully saturated rings. The lowest BCUT2D eigenvalue weighted by atomic mass is 10.3. The minimum absolute atomic E-state index is 0.0229. The Bertz CT molecular complexity index is 376. The van der Waals surface area contributed by atoms with Crippen LogP contribution in [-0.2, 0) is 0 Å². The van der Waals surface area contributed by atoms with Gasteiger partial charge in [0.05, 0.1) is 11.9 Å². The van der Waals surface area contributed by atoms with Crippen molar-refractivity contribution in [3.63, 3.8) is 0 Å². The Kier molecular flexibility index (Phi) is 3.14. The van der Waals surface area contributed by atoms with Gasteiger partial charge in [0.2, 0.25) is 0 Å². The standard InChI is InChI=1S/C11H16N4O/c1-8-5-14-10(6-13-8)11(16)15-4-3-9(7-15)12-2/h5-6,9,12H,3-4,7H2,1-2H3. The first kappa shape index (κ1) is 11.0. The first-order valence-corrected chi connectivity index (χ1v) is 5.46. The van der Waals surface area contributed by atoms with Crippen molar-refractivity contribution in [2.75, 3.05) is 20.1 Å². The predicted octanol–water partition coefficient (Wildman–Crippen LogP) is 0.219. The highest BCUT2D eigenvalue weighted by molar-refractivity contribution is 5.92. The molecule has 0 aromatic carbocycles. The van der Waals surface area contributed by atoms with Crippen LogP contribution >= 0.6 is 0 Å². The molecule has 1 N–H and O–H groups in total. The molecule has 1 amide bonds. The van der Waals surface area contributed by atoms with Crippen LogP contribution in [0.25, 0.3) is 0 Å². The Labute approximate surface area is 94.9 Å². The van der Waals surface area contributed by atoms with Gasteiger partial charge in [0.1, 0.15) is 5.69 Å². The maximum absolute atomic E-state index is 12.0. The molecule has 1 aliphatic heterocycles. The second-order valence-corrected chi connectivity index (χ2v) is 4.07. The summed E-state index contributed by atoms with van der Waals surface area (Å²) in [6, 6.07) is 0.405. The fourth-order valence-corrected chi connectivity index (χ4v) is 1.85. The fraction of sp³-hybridized carbons (Fsp3) is 0.545. The van der Waals surface area contributed by atoms with Crippen LogP contribution in [0.3, 0.4) is 0 Å². The zero-order valence-corrected chi connectivity index (χ0v) is 9.60. The summed E-state index contributed by atoms with van der Waals surface area (Å²) >= 11 is 0. The number of rotatable bonds is 2. The van der Waals surface area contributed by atoms with Crippen molar-refractivity contribution in [2.24, 2.45) is 0 Å². The summed E-state index contributed by atoms with van der Waals surface area (Å²) < 4.78 is 0. The van der Waals surface area contributed by atoms with Gasteiger partial charge in [0.15, 0.2) is 0 Å². The first-order chi connectivity index (χ1) is 7.70. The third kappa shape index (κ3) is 2.19. The molecule has 1 aromatic rings. The van der Waals surface area contributed by atoms with Crippen LogP contribution in [0.4, 0.5) is 0 Å². The topological polar surface area (TPSA) is 58.1 Å². The Hall–Kier alpha value is -1.49. The van der Waals surface area contributed by atoms with E-state index in [1.165, 1.54) is 0 Å². The summed E-state index contributed by atoms with van der Waals surface area (Å²) in [5.74, 6) is -0.0229. The van der Waals surface area contributed by atoms with E-state index in [2.05, 4.69) is 15.3 Å². The van der Waals surface area contributed by atoms with E-state index in [4.69, 9.17) is 0 Å². The van der Waals surface area contributed by atoms with E-state index >= 15 is 0 Å². The average Bonchev–Trinajstić information content (AvgIpc) is 2.77. The van der Waals surface area contributed by atoms with Crippen LogP contribution in [0.5, 0.6) is 0 Å². The minimum Gasteiger partial charge on any atom is -0.336 e. The molecule has 0 spiro atoms. The molecule has 5 nitrogen and oxygen atoms in total. The maximum atomic E-state index is 12.0. The number of nitrogens with zero attached hydrogens (tertiary/aromatic N) is 3. The van der Waals surface area contributed by atoms with E-state index in [0.29, 0.717) is 11.7 Å². The molecule has 0 radical (unpaired) electrons. The Morgan fingerprint density at radius 2 is 2.31 bits per heavy atom. The largest absolute Gasteiger partial charge is 0.336 e. The van der Waals surface area contributed by atoms with E-state index in [1.807, 2.05) is 18.9 Å². The summed E-state index contributed by atoms with van der Waals surface area (Å²) in [6.45, 7) is 3.40. The second-order valence-electron chi connectivity index (χ2n) is 4.07. The molecule has 1 saturated heterocycles. The van der Waals surface area contributed by atoms with E-state index in [-0.39, 0.29) is 5.91 Å². The lowest BCUT2D eigenvalue weighted by Crippen LogP contribution is -2.33. The Morgan fingerprint density at radius 1 is 1.50 bits per heavy atom. The molecule has 0 bridgehead atoms. The van der Waals surface area contributed by atoms with Crippen LogP contribution in [-0.4, -0.2) is 47.0 Å². The van der Waals surface area contributed by atoms with Gasteiger partial charge in [-0.3, -0.25) is 9.78 Å². The SMILES string of the molecule is CNC1CCN(C(=O)c2cnc(C)cn2)C1. The van der Waals surface area contributed by atoms with Crippen molar-refractivity contribution in [1.29, 1.82) is 0 Å². The van der Waals surface area contributed by atoms with Gasteiger partial charge in [-0.15, -0.1) is 0 Å². The number of aromatic nitrogens is 2. The van der Waals surface area contributed by atoms with Gasteiger partial charge < -0.3 is 10.2 Å². The molecule has 1 atom stereocenters. The highest BCUT2D eigenvalue weighted by Gasteiger charge is 2.26. The molecule has 16 heavy (non-hydrogen) atoms. The number of likely N-dealkylation sites (tertiary alicyclic amines) is 1. The second kappa shape index (κ2) is 4.57. The lowest BCUT2D eigenvalue weighted by molar-refractivity contribution is 0.0783. The highest BCUT2D eigenvalue weighted by atomic mass is 16.2. The number of likely N-dealkylation sites (N-methyl/N-ethyl adjacent to an activating group) is 1. The Morgan fingerprint density at radius 3 is 2.88 bits per heavy atom. The number of carbonyl (C=O) groups is 1. The molecule has 0 aliphatic carbocycles. The number of carbonyl (C=O) groups excluding carboxylic acids is 1. The summed E-state index contributed by atoms with van der Waals surface area (Å²) in [4.78, 5) is 22.0. The highest BCUT2D eigenvalue weighted by Crippen LogP contribution is 2.11. The molecule has 2 rings (SSSR count). The van der Waals surface area contributed by atoms with Crippen molar-refractivity contribution in [3.8, 4) is 0 Å². The molecule has 0 saturated carbocycles. The van der Waals surface area contributed by atoms with Crippen molar-refractivity contribution < 1.29 is 4.79 Å². The van der Waals surface area contributed by atoms with Crippen molar-refractivity contribution >= 4 is 5.91 Å².